The summed E-state index contributed by atoms with van der Waals surface area (Å²) in [6.07, 6.45) is 7.85. The summed E-state index contributed by atoms with van der Waals surface area (Å²) >= 11 is 1.34. The summed E-state index contributed by atoms with van der Waals surface area (Å²) in [7, 11) is -3.64. The summed E-state index contributed by atoms with van der Waals surface area (Å²) in [6, 6.07) is 10.3. The van der Waals surface area contributed by atoms with Crippen molar-refractivity contribution in [2.75, 3.05) is 18.1 Å². The Labute approximate surface area is 193 Å². The first-order valence-corrected chi connectivity index (χ1v) is 13.4. The van der Waals surface area contributed by atoms with Gasteiger partial charge in [-0.05, 0) is 61.2 Å². The van der Waals surface area contributed by atoms with Crippen LogP contribution in [0.2, 0.25) is 0 Å². The fourth-order valence-electron chi connectivity index (χ4n) is 3.98. The molecule has 3 rings (SSSR count). The highest BCUT2D eigenvalue weighted by atomic mass is 32.2. The number of amides is 2. The molecule has 2 amide bonds. The number of primary amides is 1. The molecule has 1 fully saturated rings. The predicted octanol–water partition coefficient (Wildman–Crippen LogP) is 2.74. The van der Waals surface area contributed by atoms with Gasteiger partial charge in [0.15, 0.2) is 9.84 Å². The predicted molar refractivity (Wildman–Crippen MR) is 125 cm³/mol. The summed E-state index contributed by atoms with van der Waals surface area (Å²) in [5.41, 5.74) is 5.73. The Morgan fingerprint density at radius 2 is 1.69 bits per heavy atom. The SMILES string of the molecule is NC(=O)C1(CS(=O)(=O)c2ccc(SCC(=O)NCCc3ccncc3)cc2)CCCCC1. The van der Waals surface area contributed by atoms with Gasteiger partial charge in [-0.1, -0.05) is 19.3 Å². The minimum Gasteiger partial charge on any atom is -0.369 e. The third-order valence-electron chi connectivity index (χ3n) is 5.84. The number of carbonyl (C=O) groups is 2. The first-order chi connectivity index (χ1) is 15.3. The number of thioether (sulfide) groups is 1. The Morgan fingerprint density at radius 3 is 2.31 bits per heavy atom. The molecule has 1 aliphatic rings. The van der Waals surface area contributed by atoms with Gasteiger partial charge in [0.25, 0.3) is 0 Å². The maximum absolute atomic E-state index is 12.9. The van der Waals surface area contributed by atoms with Crippen molar-refractivity contribution in [2.45, 2.75) is 48.3 Å². The van der Waals surface area contributed by atoms with Crippen LogP contribution in [0.25, 0.3) is 0 Å². The monoisotopic (exact) mass is 475 g/mol. The maximum Gasteiger partial charge on any atom is 0.230 e. The lowest BCUT2D eigenvalue weighted by molar-refractivity contribution is -0.128. The zero-order chi connectivity index (χ0) is 23.0. The largest absolute Gasteiger partial charge is 0.369 e. The van der Waals surface area contributed by atoms with E-state index in [-0.39, 0.29) is 22.3 Å². The smallest absolute Gasteiger partial charge is 0.230 e. The van der Waals surface area contributed by atoms with E-state index in [0.717, 1.165) is 36.1 Å². The van der Waals surface area contributed by atoms with Crippen LogP contribution in [0.3, 0.4) is 0 Å². The van der Waals surface area contributed by atoms with Crippen LogP contribution in [0, 0.1) is 5.41 Å². The third-order valence-corrected chi connectivity index (χ3v) is 8.77. The van der Waals surface area contributed by atoms with Crippen molar-refractivity contribution in [3.05, 3.63) is 54.4 Å². The molecule has 32 heavy (non-hydrogen) atoms. The Kier molecular flexibility index (Phi) is 8.31. The van der Waals surface area contributed by atoms with Crippen LogP contribution < -0.4 is 11.1 Å². The van der Waals surface area contributed by atoms with Crippen molar-refractivity contribution in [3.8, 4) is 0 Å². The first kappa shape index (κ1) is 24.3. The average Bonchev–Trinajstić information content (AvgIpc) is 2.79. The number of hydrogen-bond donors (Lipinski definition) is 2. The van der Waals surface area contributed by atoms with Crippen LogP contribution in [0.4, 0.5) is 0 Å². The lowest BCUT2D eigenvalue weighted by Gasteiger charge is -2.33. The Hall–Kier alpha value is -2.39. The molecule has 1 aliphatic carbocycles. The minimum absolute atomic E-state index is 0.0820. The fourth-order valence-corrected chi connectivity index (χ4v) is 6.58. The van der Waals surface area contributed by atoms with Crippen molar-refractivity contribution in [2.24, 2.45) is 11.1 Å². The van der Waals surface area contributed by atoms with E-state index in [1.165, 1.54) is 23.9 Å². The second kappa shape index (κ2) is 11.0. The van der Waals surface area contributed by atoms with E-state index >= 15 is 0 Å². The number of sulfone groups is 1. The van der Waals surface area contributed by atoms with Crippen LogP contribution in [-0.4, -0.2) is 43.3 Å². The molecule has 2 aromatic rings. The lowest BCUT2D eigenvalue weighted by Crippen LogP contribution is -2.44. The lowest BCUT2D eigenvalue weighted by atomic mass is 9.75. The van der Waals surface area contributed by atoms with E-state index in [1.54, 1.807) is 24.5 Å². The molecule has 1 aromatic carbocycles. The average molecular weight is 476 g/mol. The molecule has 3 N–H and O–H groups in total. The molecule has 1 aromatic heterocycles. The van der Waals surface area contributed by atoms with Gasteiger partial charge < -0.3 is 11.1 Å². The summed E-state index contributed by atoms with van der Waals surface area (Å²) < 4.78 is 25.9. The molecule has 0 atom stereocenters. The van der Waals surface area contributed by atoms with Gasteiger partial charge >= 0.3 is 0 Å². The standard InChI is InChI=1S/C23H29N3O4S2/c24-22(28)23(11-2-1-3-12-23)17-32(29,30)20-6-4-19(5-7-20)31-16-21(27)26-15-10-18-8-13-25-14-9-18/h4-9,13-14H,1-3,10-12,15-17H2,(H2,24,28)(H,26,27). The Morgan fingerprint density at radius 1 is 1.03 bits per heavy atom. The number of nitrogens with one attached hydrogen (secondary N) is 1. The van der Waals surface area contributed by atoms with E-state index in [1.807, 2.05) is 12.1 Å². The van der Waals surface area contributed by atoms with E-state index in [4.69, 9.17) is 5.73 Å². The van der Waals surface area contributed by atoms with Gasteiger partial charge in [-0.15, -0.1) is 11.8 Å². The number of hydrogen-bond acceptors (Lipinski definition) is 6. The third kappa shape index (κ3) is 6.56. The fraction of sp³-hybridized carbons (Fsp3) is 0.435. The maximum atomic E-state index is 12.9. The van der Waals surface area contributed by atoms with Crippen LogP contribution in [0.15, 0.2) is 58.6 Å². The second-order valence-corrected chi connectivity index (χ2v) is 11.2. The number of aromatic nitrogens is 1. The normalized spacial score (nSPS) is 15.8. The van der Waals surface area contributed by atoms with Gasteiger partial charge in [0, 0.05) is 23.8 Å². The topological polar surface area (TPSA) is 119 Å². The summed E-state index contributed by atoms with van der Waals surface area (Å²) in [4.78, 5) is 29.1. The number of rotatable bonds is 10. The Bertz CT molecular complexity index is 1020. The molecule has 1 heterocycles. The molecule has 1 saturated carbocycles. The number of nitrogens with zero attached hydrogens (tertiary/aromatic N) is 1. The number of nitrogens with two attached hydrogens (primary N) is 1. The van der Waals surface area contributed by atoms with Crippen molar-refractivity contribution >= 4 is 33.4 Å². The number of benzene rings is 1. The van der Waals surface area contributed by atoms with Gasteiger partial charge in [0.1, 0.15) is 0 Å². The van der Waals surface area contributed by atoms with Crippen LogP contribution in [-0.2, 0) is 25.8 Å². The highest BCUT2D eigenvalue weighted by molar-refractivity contribution is 8.00. The molecule has 0 unspecified atom stereocenters. The van der Waals surface area contributed by atoms with Crippen molar-refractivity contribution in [1.29, 1.82) is 0 Å². The zero-order valence-corrected chi connectivity index (χ0v) is 19.6. The highest BCUT2D eigenvalue weighted by Crippen LogP contribution is 2.38. The highest BCUT2D eigenvalue weighted by Gasteiger charge is 2.42. The van der Waals surface area contributed by atoms with E-state index in [9.17, 15) is 18.0 Å². The molecule has 0 radical (unpaired) electrons. The van der Waals surface area contributed by atoms with Crippen molar-refractivity contribution in [3.63, 3.8) is 0 Å². The van der Waals surface area contributed by atoms with Crippen LogP contribution in [0.1, 0.15) is 37.7 Å². The summed E-state index contributed by atoms with van der Waals surface area (Å²) in [6.45, 7) is 0.544. The van der Waals surface area contributed by atoms with Crippen molar-refractivity contribution in [1.82, 2.24) is 10.3 Å². The quantitative estimate of drug-likeness (QED) is 0.510. The molecular formula is C23H29N3O4S2. The minimum atomic E-state index is -3.64. The second-order valence-electron chi connectivity index (χ2n) is 8.18. The molecule has 9 heteroatoms. The first-order valence-electron chi connectivity index (χ1n) is 10.7. The molecule has 7 nitrogen and oxygen atoms in total. The molecule has 172 valence electrons. The molecule has 0 saturated heterocycles. The van der Waals surface area contributed by atoms with E-state index in [2.05, 4.69) is 10.3 Å². The molecule has 0 spiro atoms. The molecule has 0 bridgehead atoms. The van der Waals surface area contributed by atoms with Gasteiger partial charge in [-0.25, -0.2) is 8.42 Å². The summed E-state index contributed by atoms with van der Waals surface area (Å²) in [5.74, 6) is -0.612. The van der Waals surface area contributed by atoms with E-state index in [0.29, 0.717) is 19.4 Å². The summed E-state index contributed by atoms with van der Waals surface area (Å²) in [5, 5.41) is 2.88. The van der Waals surface area contributed by atoms with E-state index < -0.39 is 21.2 Å². The van der Waals surface area contributed by atoms with Gasteiger partial charge in [0.2, 0.25) is 11.8 Å². The van der Waals surface area contributed by atoms with Crippen molar-refractivity contribution < 1.29 is 18.0 Å². The number of pyridine rings is 1. The van der Waals surface area contributed by atoms with Gasteiger partial charge in [-0.2, -0.15) is 0 Å². The van der Waals surface area contributed by atoms with Crippen LogP contribution in [0.5, 0.6) is 0 Å². The number of carbonyl (C=O) groups excluding carboxylic acids is 2. The molecular weight excluding hydrogens is 446 g/mol. The van der Waals surface area contributed by atoms with Gasteiger partial charge in [0.05, 0.1) is 21.8 Å². The van der Waals surface area contributed by atoms with Gasteiger partial charge in [-0.3, -0.25) is 14.6 Å². The zero-order valence-electron chi connectivity index (χ0n) is 18.0. The van der Waals surface area contributed by atoms with Crippen LogP contribution >= 0.6 is 11.8 Å². The molecule has 0 aliphatic heterocycles. The Balaban J connectivity index is 1.51.